The van der Waals surface area contributed by atoms with Crippen LogP contribution in [0.1, 0.15) is 23.2 Å². The lowest BCUT2D eigenvalue weighted by Gasteiger charge is -2.27. The molecule has 8 heteroatoms. The standard InChI is InChI=1S/C17H25N3O4S/c21-17(19-13-14-4-3-7-18-12-14)15-5-1-2-6-16(15)25(22,23)20-8-10-24-11-9-20/h1-2,5-6,14,18H,3-4,7-13H2,(H,19,21). The minimum absolute atomic E-state index is 0.0659. The van der Waals surface area contributed by atoms with Crippen molar-refractivity contribution in [3.05, 3.63) is 29.8 Å². The summed E-state index contributed by atoms with van der Waals surface area (Å²) in [6, 6.07) is 6.41. The van der Waals surface area contributed by atoms with E-state index in [1.165, 1.54) is 10.4 Å². The second kappa shape index (κ2) is 8.27. The summed E-state index contributed by atoms with van der Waals surface area (Å²) in [7, 11) is -3.70. The summed E-state index contributed by atoms with van der Waals surface area (Å²) in [5, 5.41) is 6.21. The van der Waals surface area contributed by atoms with Crippen molar-refractivity contribution < 1.29 is 17.9 Å². The average molecular weight is 367 g/mol. The number of rotatable bonds is 5. The lowest BCUT2D eigenvalue weighted by atomic mass is 10.00. The highest BCUT2D eigenvalue weighted by Crippen LogP contribution is 2.21. The van der Waals surface area contributed by atoms with Gasteiger partial charge in [-0.15, -0.1) is 0 Å². The van der Waals surface area contributed by atoms with Crippen molar-refractivity contribution >= 4 is 15.9 Å². The van der Waals surface area contributed by atoms with Gasteiger partial charge in [0, 0.05) is 19.6 Å². The molecule has 2 fully saturated rings. The Bertz CT molecular complexity index is 696. The number of ether oxygens (including phenoxy) is 1. The lowest BCUT2D eigenvalue weighted by Crippen LogP contribution is -2.42. The van der Waals surface area contributed by atoms with Crippen molar-refractivity contribution in [3.63, 3.8) is 0 Å². The summed E-state index contributed by atoms with van der Waals surface area (Å²) in [4.78, 5) is 12.7. The van der Waals surface area contributed by atoms with Gasteiger partial charge < -0.3 is 15.4 Å². The van der Waals surface area contributed by atoms with Crippen molar-refractivity contribution in [3.8, 4) is 0 Å². The van der Waals surface area contributed by atoms with Crippen LogP contribution in [0.25, 0.3) is 0 Å². The Balaban J connectivity index is 1.74. The Hall–Kier alpha value is -1.48. The molecule has 0 aromatic heterocycles. The van der Waals surface area contributed by atoms with E-state index in [0.717, 1.165) is 25.9 Å². The highest BCUT2D eigenvalue weighted by Gasteiger charge is 2.30. The fourth-order valence-electron chi connectivity index (χ4n) is 3.24. The zero-order valence-electron chi connectivity index (χ0n) is 14.2. The van der Waals surface area contributed by atoms with Crippen LogP contribution in [0.4, 0.5) is 0 Å². The van der Waals surface area contributed by atoms with Crippen LogP contribution in [0.2, 0.25) is 0 Å². The van der Waals surface area contributed by atoms with Crippen molar-refractivity contribution in [2.24, 2.45) is 5.92 Å². The van der Waals surface area contributed by atoms with E-state index in [4.69, 9.17) is 4.74 Å². The van der Waals surface area contributed by atoms with Crippen LogP contribution in [0.3, 0.4) is 0 Å². The molecule has 2 saturated heterocycles. The first-order valence-electron chi connectivity index (χ1n) is 8.75. The van der Waals surface area contributed by atoms with E-state index in [2.05, 4.69) is 10.6 Å². The molecule has 2 N–H and O–H groups in total. The van der Waals surface area contributed by atoms with Crippen LogP contribution in [-0.4, -0.2) is 64.6 Å². The molecule has 1 amide bonds. The number of hydrogen-bond donors (Lipinski definition) is 2. The molecule has 0 spiro atoms. The highest BCUT2D eigenvalue weighted by molar-refractivity contribution is 7.89. The predicted octanol–water partition coefficient (Wildman–Crippen LogP) is 0.437. The molecule has 2 aliphatic heterocycles. The number of nitrogens with zero attached hydrogens (tertiary/aromatic N) is 1. The smallest absolute Gasteiger partial charge is 0.252 e. The molecule has 0 saturated carbocycles. The molecule has 1 aromatic carbocycles. The summed E-state index contributed by atoms with van der Waals surface area (Å²) < 4.78 is 32.4. The van der Waals surface area contributed by atoms with Gasteiger partial charge in [-0.2, -0.15) is 4.31 Å². The monoisotopic (exact) mass is 367 g/mol. The minimum Gasteiger partial charge on any atom is -0.379 e. The zero-order valence-corrected chi connectivity index (χ0v) is 15.1. The quantitative estimate of drug-likeness (QED) is 0.788. The summed E-state index contributed by atoms with van der Waals surface area (Å²) >= 11 is 0. The molecular formula is C17H25N3O4S. The van der Waals surface area contributed by atoms with Gasteiger partial charge in [-0.25, -0.2) is 8.42 Å². The van der Waals surface area contributed by atoms with Gasteiger partial charge >= 0.3 is 0 Å². The van der Waals surface area contributed by atoms with Gasteiger partial charge in [-0.3, -0.25) is 4.79 Å². The Kier molecular flexibility index (Phi) is 6.06. The van der Waals surface area contributed by atoms with Crippen LogP contribution < -0.4 is 10.6 Å². The van der Waals surface area contributed by atoms with Gasteiger partial charge in [0.1, 0.15) is 0 Å². The van der Waals surface area contributed by atoms with Crippen molar-refractivity contribution in [1.29, 1.82) is 0 Å². The second-order valence-electron chi connectivity index (χ2n) is 6.44. The molecule has 1 aromatic rings. The Labute approximate surface area is 148 Å². The minimum atomic E-state index is -3.70. The number of carbonyl (C=O) groups is 1. The predicted molar refractivity (Wildman–Crippen MR) is 93.9 cm³/mol. The first kappa shape index (κ1) is 18.3. The highest BCUT2D eigenvalue weighted by atomic mass is 32.2. The molecule has 7 nitrogen and oxygen atoms in total. The third-order valence-electron chi connectivity index (χ3n) is 4.67. The summed E-state index contributed by atoms with van der Waals surface area (Å²) in [5.41, 5.74) is 0.206. The SMILES string of the molecule is O=C(NCC1CCCNC1)c1ccccc1S(=O)(=O)N1CCOCC1. The van der Waals surface area contributed by atoms with E-state index in [0.29, 0.717) is 38.8 Å². The van der Waals surface area contributed by atoms with Crippen LogP contribution in [-0.2, 0) is 14.8 Å². The molecule has 2 aliphatic rings. The maximum Gasteiger partial charge on any atom is 0.252 e. The zero-order chi connectivity index (χ0) is 17.7. The number of hydrogen-bond acceptors (Lipinski definition) is 5. The Morgan fingerprint density at radius 2 is 2.04 bits per heavy atom. The second-order valence-corrected chi connectivity index (χ2v) is 8.34. The number of nitrogens with one attached hydrogen (secondary N) is 2. The third kappa shape index (κ3) is 4.38. The number of carbonyl (C=O) groups excluding carboxylic acids is 1. The maximum atomic E-state index is 12.9. The molecule has 0 bridgehead atoms. The van der Waals surface area contributed by atoms with Gasteiger partial charge in [0.15, 0.2) is 0 Å². The first-order valence-corrected chi connectivity index (χ1v) is 10.2. The number of benzene rings is 1. The number of sulfonamides is 1. The van der Waals surface area contributed by atoms with Gasteiger partial charge in [0.2, 0.25) is 10.0 Å². The van der Waals surface area contributed by atoms with Crippen LogP contribution in [0.15, 0.2) is 29.2 Å². The van der Waals surface area contributed by atoms with Crippen molar-refractivity contribution in [2.75, 3.05) is 45.9 Å². The van der Waals surface area contributed by atoms with E-state index in [1.54, 1.807) is 18.2 Å². The normalized spacial score (nSPS) is 22.5. The number of morpholine rings is 1. The van der Waals surface area contributed by atoms with Crippen molar-refractivity contribution in [1.82, 2.24) is 14.9 Å². The number of piperidine rings is 1. The molecular weight excluding hydrogens is 342 g/mol. The van der Waals surface area contributed by atoms with E-state index in [1.807, 2.05) is 0 Å². The van der Waals surface area contributed by atoms with Crippen LogP contribution in [0, 0.1) is 5.92 Å². The largest absolute Gasteiger partial charge is 0.379 e. The van der Waals surface area contributed by atoms with E-state index >= 15 is 0 Å². The van der Waals surface area contributed by atoms with E-state index in [9.17, 15) is 13.2 Å². The Morgan fingerprint density at radius 1 is 1.28 bits per heavy atom. The molecule has 0 radical (unpaired) electrons. The fourth-order valence-corrected chi connectivity index (χ4v) is 4.83. The summed E-state index contributed by atoms with van der Waals surface area (Å²) in [6.07, 6.45) is 2.17. The molecule has 1 atom stereocenters. The van der Waals surface area contributed by atoms with Gasteiger partial charge in [0.25, 0.3) is 5.91 Å². The summed E-state index contributed by atoms with van der Waals surface area (Å²) in [5.74, 6) is 0.0544. The Morgan fingerprint density at radius 3 is 2.76 bits per heavy atom. The summed E-state index contributed by atoms with van der Waals surface area (Å²) in [6.45, 7) is 3.83. The molecule has 3 rings (SSSR count). The lowest BCUT2D eigenvalue weighted by molar-refractivity contribution is 0.0729. The molecule has 25 heavy (non-hydrogen) atoms. The van der Waals surface area contributed by atoms with Crippen LogP contribution >= 0.6 is 0 Å². The van der Waals surface area contributed by atoms with Gasteiger partial charge in [0.05, 0.1) is 23.7 Å². The fraction of sp³-hybridized carbons (Fsp3) is 0.588. The molecule has 138 valence electrons. The third-order valence-corrected chi connectivity index (χ3v) is 6.63. The molecule has 0 aliphatic carbocycles. The maximum absolute atomic E-state index is 12.9. The molecule has 2 heterocycles. The topological polar surface area (TPSA) is 87.7 Å². The van der Waals surface area contributed by atoms with Gasteiger partial charge in [-0.05, 0) is 44.0 Å². The van der Waals surface area contributed by atoms with E-state index in [-0.39, 0.29) is 16.4 Å². The first-order chi connectivity index (χ1) is 12.1. The van der Waals surface area contributed by atoms with E-state index < -0.39 is 10.0 Å². The number of amides is 1. The van der Waals surface area contributed by atoms with Gasteiger partial charge in [-0.1, -0.05) is 12.1 Å². The average Bonchev–Trinajstić information content (AvgIpc) is 2.67. The van der Waals surface area contributed by atoms with Crippen molar-refractivity contribution in [2.45, 2.75) is 17.7 Å². The van der Waals surface area contributed by atoms with Crippen LogP contribution in [0.5, 0.6) is 0 Å². The molecule has 1 unspecified atom stereocenters.